The fourth-order valence-corrected chi connectivity index (χ4v) is 1.58. The summed E-state index contributed by atoms with van der Waals surface area (Å²) in [5.41, 5.74) is 6.00. The van der Waals surface area contributed by atoms with Crippen LogP contribution in [0.5, 0.6) is 0 Å². The second-order valence-electron chi connectivity index (χ2n) is 4.38. The minimum Gasteiger partial charge on any atom is -0.377 e. The zero-order valence-electron chi connectivity index (χ0n) is 10.5. The second-order valence-corrected chi connectivity index (χ2v) is 4.38. The molecule has 0 fully saturated rings. The van der Waals surface area contributed by atoms with E-state index in [9.17, 15) is 0 Å². The minimum atomic E-state index is 0.0282. The number of aryl methyl sites for hydroxylation is 1. The molecular formula is C12H23N3O. The Hall–Kier alpha value is -0.870. The lowest BCUT2D eigenvalue weighted by molar-refractivity contribution is 0.0679. The average Bonchev–Trinajstić information content (AvgIpc) is 2.63. The van der Waals surface area contributed by atoms with Crippen molar-refractivity contribution in [2.45, 2.75) is 52.3 Å². The molecule has 0 saturated heterocycles. The van der Waals surface area contributed by atoms with Gasteiger partial charge >= 0.3 is 0 Å². The molecule has 0 bridgehead atoms. The first-order chi connectivity index (χ1) is 7.63. The summed E-state index contributed by atoms with van der Waals surface area (Å²) in [7, 11) is 0. The lowest BCUT2D eigenvalue weighted by Crippen LogP contribution is -2.31. The van der Waals surface area contributed by atoms with Crippen molar-refractivity contribution >= 4 is 0 Å². The fourth-order valence-electron chi connectivity index (χ4n) is 1.58. The summed E-state index contributed by atoms with van der Waals surface area (Å²) < 4.78 is 7.65. The van der Waals surface area contributed by atoms with E-state index in [1.165, 1.54) is 0 Å². The molecular weight excluding hydrogens is 202 g/mol. The van der Waals surface area contributed by atoms with Crippen LogP contribution >= 0.6 is 0 Å². The van der Waals surface area contributed by atoms with Crippen LogP contribution in [0.1, 0.15) is 33.0 Å². The Morgan fingerprint density at radius 1 is 1.50 bits per heavy atom. The van der Waals surface area contributed by atoms with E-state index in [4.69, 9.17) is 10.5 Å². The van der Waals surface area contributed by atoms with Gasteiger partial charge in [0.15, 0.2) is 0 Å². The van der Waals surface area contributed by atoms with Gasteiger partial charge in [-0.3, -0.25) is 0 Å². The lowest BCUT2D eigenvalue weighted by Gasteiger charge is -2.14. The zero-order chi connectivity index (χ0) is 12.0. The highest BCUT2D eigenvalue weighted by Gasteiger charge is 2.09. The Morgan fingerprint density at radius 2 is 2.25 bits per heavy atom. The van der Waals surface area contributed by atoms with Gasteiger partial charge in [0.1, 0.15) is 5.82 Å². The molecule has 1 rings (SSSR count). The van der Waals surface area contributed by atoms with Crippen molar-refractivity contribution in [2.75, 3.05) is 6.61 Å². The van der Waals surface area contributed by atoms with Gasteiger partial charge < -0.3 is 15.0 Å². The van der Waals surface area contributed by atoms with Gasteiger partial charge in [-0.1, -0.05) is 6.92 Å². The molecule has 0 spiro atoms. The van der Waals surface area contributed by atoms with Crippen molar-refractivity contribution in [3.63, 3.8) is 0 Å². The van der Waals surface area contributed by atoms with E-state index in [2.05, 4.69) is 16.5 Å². The number of nitrogens with zero attached hydrogens (tertiary/aromatic N) is 2. The van der Waals surface area contributed by atoms with E-state index in [1.807, 2.05) is 26.2 Å². The van der Waals surface area contributed by atoms with Gasteiger partial charge in [0.2, 0.25) is 0 Å². The summed E-state index contributed by atoms with van der Waals surface area (Å²) in [4.78, 5) is 4.33. The smallest absolute Gasteiger partial charge is 0.110 e. The average molecular weight is 225 g/mol. The summed E-state index contributed by atoms with van der Waals surface area (Å²) in [6, 6.07) is 0.0282. The zero-order valence-corrected chi connectivity index (χ0v) is 10.5. The summed E-state index contributed by atoms with van der Waals surface area (Å²) in [5, 5.41) is 0. The van der Waals surface area contributed by atoms with Gasteiger partial charge in [0.25, 0.3) is 0 Å². The van der Waals surface area contributed by atoms with E-state index in [-0.39, 0.29) is 12.1 Å². The van der Waals surface area contributed by atoms with Crippen LogP contribution in [0.4, 0.5) is 0 Å². The molecule has 1 aromatic rings. The van der Waals surface area contributed by atoms with Crippen LogP contribution in [0.3, 0.4) is 0 Å². The Balaban J connectivity index is 2.42. The number of nitrogens with two attached hydrogens (primary N) is 1. The van der Waals surface area contributed by atoms with E-state index in [0.29, 0.717) is 6.61 Å². The van der Waals surface area contributed by atoms with Crippen molar-refractivity contribution in [2.24, 2.45) is 5.73 Å². The molecule has 1 aromatic heterocycles. The Bertz CT molecular complexity index is 296. The standard InChI is InChI=1S/C12H23N3O/c1-4-6-15-7-5-14-12(15)8-11(13)9-16-10(2)3/h5,7,10-11H,4,6,8-9,13H2,1-3H3. The number of hydrogen-bond donors (Lipinski definition) is 1. The maximum Gasteiger partial charge on any atom is 0.110 e. The third kappa shape index (κ3) is 4.33. The maximum atomic E-state index is 6.00. The van der Waals surface area contributed by atoms with Gasteiger partial charge in [0.05, 0.1) is 12.7 Å². The number of aromatic nitrogens is 2. The molecule has 0 aliphatic heterocycles. The topological polar surface area (TPSA) is 53.1 Å². The molecule has 2 N–H and O–H groups in total. The maximum absolute atomic E-state index is 6.00. The van der Waals surface area contributed by atoms with E-state index in [1.54, 1.807) is 0 Å². The van der Waals surface area contributed by atoms with Crippen LogP contribution in [0.25, 0.3) is 0 Å². The van der Waals surface area contributed by atoms with E-state index in [0.717, 1.165) is 25.2 Å². The number of imidazole rings is 1. The van der Waals surface area contributed by atoms with Crippen molar-refractivity contribution < 1.29 is 4.74 Å². The predicted octanol–water partition coefficient (Wildman–Crippen LogP) is 1.59. The number of rotatable bonds is 7. The van der Waals surface area contributed by atoms with Crippen molar-refractivity contribution in [1.82, 2.24) is 9.55 Å². The quantitative estimate of drug-likeness (QED) is 0.766. The highest BCUT2D eigenvalue weighted by molar-refractivity contribution is 4.95. The molecule has 0 aromatic carbocycles. The van der Waals surface area contributed by atoms with Gasteiger partial charge in [-0.25, -0.2) is 4.98 Å². The lowest BCUT2D eigenvalue weighted by atomic mass is 10.2. The Morgan fingerprint density at radius 3 is 2.88 bits per heavy atom. The van der Waals surface area contributed by atoms with Gasteiger partial charge in [-0.05, 0) is 20.3 Å². The molecule has 0 amide bonds. The number of hydrogen-bond acceptors (Lipinski definition) is 3. The van der Waals surface area contributed by atoms with Crippen LogP contribution < -0.4 is 5.73 Å². The number of ether oxygens (including phenoxy) is 1. The third-order valence-corrected chi connectivity index (χ3v) is 2.35. The first kappa shape index (κ1) is 13.2. The highest BCUT2D eigenvalue weighted by atomic mass is 16.5. The van der Waals surface area contributed by atoms with Gasteiger partial charge in [0, 0.05) is 31.4 Å². The van der Waals surface area contributed by atoms with Gasteiger partial charge in [-0.15, -0.1) is 0 Å². The first-order valence-electron chi connectivity index (χ1n) is 6.00. The van der Waals surface area contributed by atoms with Crippen LogP contribution in [0, 0.1) is 0 Å². The largest absolute Gasteiger partial charge is 0.377 e. The molecule has 16 heavy (non-hydrogen) atoms. The molecule has 1 heterocycles. The molecule has 0 aliphatic carbocycles. The van der Waals surface area contributed by atoms with Crippen LogP contribution in [0.2, 0.25) is 0 Å². The third-order valence-electron chi connectivity index (χ3n) is 2.35. The fraction of sp³-hybridized carbons (Fsp3) is 0.750. The molecule has 1 unspecified atom stereocenters. The van der Waals surface area contributed by atoms with Crippen molar-refractivity contribution in [3.8, 4) is 0 Å². The van der Waals surface area contributed by atoms with Gasteiger partial charge in [-0.2, -0.15) is 0 Å². The van der Waals surface area contributed by atoms with Crippen LogP contribution in [-0.2, 0) is 17.7 Å². The summed E-state index contributed by atoms with van der Waals surface area (Å²) in [6.45, 7) is 7.80. The SMILES string of the molecule is CCCn1ccnc1CC(N)COC(C)C. The second kappa shape index (κ2) is 6.66. The van der Waals surface area contributed by atoms with E-state index >= 15 is 0 Å². The molecule has 4 nitrogen and oxygen atoms in total. The highest BCUT2D eigenvalue weighted by Crippen LogP contribution is 2.03. The summed E-state index contributed by atoms with van der Waals surface area (Å²) in [6.07, 6.45) is 5.97. The summed E-state index contributed by atoms with van der Waals surface area (Å²) in [5.74, 6) is 1.06. The molecule has 0 saturated carbocycles. The van der Waals surface area contributed by atoms with Crippen LogP contribution in [0.15, 0.2) is 12.4 Å². The predicted molar refractivity (Wildman–Crippen MR) is 65.3 cm³/mol. The van der Waals surface area contributed by atoms with E-state index < -0.39 is 0 Å². The Kier molecular flexibility index (Phi) is 5.49. The monoisotopic (exact) mass is 225 g/mol. The Labute approximate surface area is 97.8 Å². The van der Waals surface area contributed by atoms with Crippen molar-refractivity contribution in [1.29, 1.82) is 0 Å². The molecule has 0 aliphatic rings. The molecule has 0 radical (unpaired) electrons. The molecule has 1 atom stereocenters. The minimum absolute atomic E-state index is 0.0282. The first-order valence-corrected chi connectivity index (χ1v) is 6.00. The normalized spacial score (nSPS) is 13.3. The van der Waals surface area contributed by atoms with Crippen LogP contribution in [-0.4, -0.2) is 28.3 Å². The molecule has 92 valence electrons. The van der Waals surface area contributed by atoms with Crippen molar-refractivity contribution in [3.05, 3.63) is 18.2 Å². The molecule has 4 heteroatoms. The summed E-state index contributed by atoms with van der Waals surface area (Å²) >= 11 is 0.